The van der Waals surface area contributed by atoms with Crippen LogP contribution in [0.1, 0.15) is 23.1 Å². The van der Waals surface area contributed by atoms with Gasteiger partial charge < -0.3 is 14.8 Å². The third kappa shape index (κ3) is 6.49. The van der Waals surface area contributed by atoms with Gasteiger partial charge in [0.2, 0.25) is 5.91 Å². The van der Waals surface area contributed by atoms with Crippen molar-refractivity contribution in [2.75, 3.05) is 18.9 Å². The minimum absolute atomic E-state index is 0.124. The van der Waals surface area contributed by atoms with Gasteiger partial charge in [0.15, 0.2) is 0 Å². The van der Waals surface area contributed by atoms with E-state index in [1.54, 1.807) is 50.6 Å². The molecule has 1 amide bonds. The molecule has 2 N–H and O–H groups in total. The van der Waals surface area contributed by atoms with Crippen LogP contribution < -0.4 is 19.5 Å². The highest BCUT2D eigenvalue weighted by atomic mass is 32.2. The van der Waals surface area contributed by atoms with Gasteiger partial charge in [0.05, 0.1) is 31.2 Å². The molecule has 0 saturated heterocycles. The zero-order valence-corrected chi connectivity index (χ0v) is 19.7. The third-order valence-corrected chi connectivity index (χ3v) is 6.57. The van der Waals surface area contributed by atoms with Crippen LogP contribution >= 0.6 is 0 Å². The lowest BCUT2D eigenvalue weighted by molar-refractivity contribution is -0.121. The molecule has 0 aliphatic carbocycles. The monoisotopic (exact) mass is 468 g/mol. The van der Waals surface area contributed by atoms with Gasteiger partial charge in [-0.05, 0) is 55.3 Å². The molecule has 3 aromatic carbocycles. The maximum absolute atomic E-state index is 12.6. The Morgan fingerprint density at radius 1 is 0.879 bits per heavy atom. The van der Waals surface area contributed by atoms with Gasteiger partial charge in [0, 0.05) is 12.1 Å². The summed E-state index contributed by atoms with van der Waals surface area (Å²) < 4.78 is 38.4. The number of ether oxygens (including phenoxy) is 2. The Labute approximate surface area is 194 Å². The summed E-state index contributed by atoms with van der Waals surface area (Å²) in [6.45, 7) is 2.22. The number of hydrogen-bond acceptors (Lipinski definition) is 5. The van der Waals surface area contributed by atoms with E-state index in [0.717, 1.165) is 16.7 Å². The summed E-state index contributed by atoms with van der Waals surface area (Å²) in [6, 6.07) is 19.1. The van der Waals surface area contributed by atoms with Crippen LogP contribution in [0.5, 0.6) is 11.5 Å². The van der Waals surface area contributed by atoms with Crippen molar-refractivity contribution in [2.45, 2.75) is 31.2 Å². The number of carbonyl (C=O) groups excluding carboxylic acids is 1. The zero-order chi connectivity index (χ0) is 23.8. The first-order valence-corrected chi connectivity index (χ1v) is 12.0. The summed E-state index contributed by atoms with van der Waals surface area (Å²) >= 11 is 0. The molecular weight excluding hydrogens is 440 g/mol. The van der Waals surface area contributed by atoms with Gasteiger partial charge in [-0.15, -0.1) is 0 Å². The first kappa shape index (κ1) is 24.1. The Hall–Kier alpha value is -3.52. The van der Waals surface area contributed by atoms with E-state index in [0.29, 0.717) is 23.6 Å². The summed E-state index contributed by atoms with van der Waals surface area (Å²) in [5.41, 5.74) is 3.20. The lowest BCUT2D eigenvalue weighted by Crippen LogP contribution is -2.23. The lowest BCUT2D eigenvalue weighted by atomic mass is 10.1. The number of amides is 1. The van der Waals surface area contributed by atoms with Crippen LogP contribution in [0.2, 0.25) is 0 Å². The molecule has 0 bridgehead atoms. The molecule has 0 aliphatic heterocycles. The number of sulfonamides is 1. The van der Waals surface area contributed by atoms with Gasteiger partial charge >= 0.3 is 0 Å². The fraction of sp³-hybridized carbons (Fsp3) is 0.240. The normalized spacial score (nSPS) is 11.0. The highest BCUT2D eigenvalue weighted by Crippen LogP contribution is 2.28. The van der Waals surface area contributed by atoms with Crippen LogP contribution in [0.3, 0.4) is 0 Å². The second-order valence-electron chi connectivity index (χ2n) is 7.53. The van der Waals surface area contributed by atoms with E-state index in [4.69, 9.17) is 9.47 Å². The first-order chi connectivity index (χ1) is 15.8. The van der Waals surface area contributed by atoms with Gasteiger partial charge in [0.1, 0.15) is 11.5 Å². The summed E-state index contributed by atoms with van der Waals surface area (Å²) in [5.74, 6) is 1.16. The molecular formula is C25H28N2O5S. The van der Waals surface area contributed by atoms with Crippen LogP contribution in [0.15, 0.2) is 71.6 Å². The van der Waals surface area contributed by atoms with Crippen molar-refractivity contribution in [2.24, 2.45) is 0 Å². The Morgan fingerprint density at radius 2 is 1.48 bits per heavy atom. The quantitative estimate of drug-likeness (QED) is 0.468. The molecule has 0 unspecified atom stereocenters. The van der Waals surface area contributed by atoms with Crippen molar-refractivity contribution in [3.8, 4) is 11.5 Å². The number of hydrogen-bond donors (Lipinski definition) is 2. The molecule has 0 atom stereocenters. The number of rotatable bonds is 10. The first-order valence-electron chi connectivity index (χ1n) is 10.5. The highest BCUT2D eigenvalue weighted by molar-refractivity contribution is 7.92. The summed E-state index contributed by atoms with van der Waals surface area (Å²) in [7, 11) is -0.540. The molecule has 0 saturated carbocycles. The fourth-order valence-electron chi connectivity index (χ4n) is 3.31. The molecule has 0 heterocycles. The SMILES string of the molecule is COc1cccc(OC)c1CNC(=O)CCc1ccc(S(=O)(=O)Nc2ccc(C)cc2)cc1. The Morgan fingerprint density at radius 3 is 2.06 bits per heavy atom. The number of methoxy groups -OCH3 is 2. The van der Waals surface area contributed by atoms with Gasteiger partial charge in [-0.3, -0.25) is 9.52 Å². The number of anilines is 1. The van der Waals surface area contributed by atoms with Crippen molar-refractivity contribution in [3.05, 3.63) is 83.4 Å². The Kier molecular flexibility index (Phi) is 7.95. The van der Waals surface area contributed by atoms with E-state index in [1.807, 2.05) is 37.3 Å². The van der Waals surface area contributed by atoms with Gasteiger partial charge in [-0.25, -0.2) is 8.42 Å². The van der Waals surface area contributed by atoms with Crippen molar-refractivity contribution in [1.29, 1.82) is 0 Å². The summed E-state index contributed by atoms with van der Waals surface area (Å²) in [6.07, 6.45) is 0.756. The third-order valence-electron chi connectivity index (χ3n) is 5.17. The Bertz CT molecular complexity index is 1170. The molecule has 3 rings (SSSR count). The largest absolute Gasteiger partial charge is 0.496 e. The van der Waals surface area contributed by atoms with Crippen LogP contribution in [0.25, 0.3) is 0 Å². The second kappa shape index (κ2) is 10.9. The topological polar surface area (TPSA) is 93.7 Å². The molecule has 8 heteroatoms. The average molecular weight is 469 g/mol. The molecule has 0 aliphatic rings. The van der Waals surface area contributed by atoms with Gasteiger partial charge in [0.25, 0.3) is 10.0 Å². The molecule has 0 fully saturated rings. The van der Waals surface area contributed by atoms with Crippen molar-refractivity contribution >= 4 is 21.6 Å². The van der Waals surface area contributed by atoms with E-state index in [2.05, 4.69) is 10.0 Å². The molecule has 174 valence electrons. The number of nitrogens with one attached hydrogen (secondary N) is 2. The van der Waals surface area contributed by atoms with Gasteiger partial charge in [-0.2, -0.15) is 0 Å². The van der Waals surface area contributed by atoms with Crippen molar-refractivity contribution in [3.63, 3.8) is 0 Å². The van der Waals surface area contributed by atoms with E-state index in [-0.39, 0.29) is 23.8 Å². The van der Waals surface area contributed by atoms with Crippen LogP contribution in [0.4, 0.5) is 5.69 Å². The van der Waals surface area contributed by atoms with E-state index in [1.165, 1.54) is 0 Å². The maximum Gasteiger partial charge on any atom is 0.261 e. The molecule has 7 nitrogen and oxygen atoms in total. The maximum atomic E-state index is 12.6. The van der Waals surface area contributed by atoms with Crippen LogP contribution in [-0.2, 0) is 27.8 Å². The predicted molar refractivity (Wildman–Crippen MR) is 128 cm³/mol. The van der Waals surface area contributed by atoms with Gasteiger partial charge in [-0.1, -0.05) is 35.9 Å². The van der Waals surface area contributed by atoms with Crippen LogP contribution in [-0.4, -0.2) is 28.5 Å². The molecule has 3 aromatic rings. The number of aryl methyl sites for hydroxylation is 2. The minimum Gasteiger partial charge on any atom is -0.496 e. The molecule has 0 radical (unpaired) electrons. The van der Waals surface area contributed by atoms with Crippen molar-refractivity contribution < 1.29 is 22.7 Å². The smallest absolute Gasteiger partial charge is 0.261 e. The zero-order valence-electron chi connectivity index (χ0n) is 18.9. The standard InChI is InChI=1S/C25H28N2O5S/c1-18-7-12-20(13-8-18)27-33(29,30)21-14-9-19(10-15-21)11-16-25(28)26-17-22-23(31-2)5-4-6-24(22)32-3/h4-10,12-15,27H,11,16-17H2,1-3H3,(H,26,28). The predicted octanol–water partition coefficient (Wildman–Crippen LogP) is 4.06. The molecule has 0 spiro atoms. The van der Waals surface area contributed by atoms with Crippen molar-refractivity contribution in [1.82, 2.24) is 5.32 Å². The lowest BCUT2D eigenvalue weighted by Gasteiger charge is -2.13. The van der Waals surface area contributed by atoms with E-state index < -0.39 is 10.0 Å². The van der Waals surface area contributed by atoms with E-state index in [9.17, 15) is 13.2 Å². The Balaban J connectivity index is 1.55. The minimum atomic E-state index is -3.68. The van der Waals surface area contributed by atoms with Crippen LogP contribution in [0, 0.1) is 6.92 Å². The fourth-order valence-corrected chi connectivity index (χ4v) is 4.37. The highest BCUT2D eigenvalue weighted by Gasteiger charge is 2.15. The summed E-state index contributed by atoms with van der Waals surface area (Å²) in [5, 5.41) is 2.88. The molecule has 33 heavy (non-hydrogen) atoms. The van der Waals surface area contributed by atoms with E-state index >= 15 is 0 Å². The molecule has 0 aromatic heterocycles. The number of carbonyl (C=O) groups is 1. The summed E-state index contributed by atoms with van der Waals surface area (Å²) in [4.78, 5) is 12.5. The number of benzene rings is 3. The second-order valence-corrected chi connectivity index (χ2v) is 9.22. The average Bonchev–Trinajstić information content (AvgIpc) is 2.82.